The molecule has 1 fully saturated rings. The molecule has 1 saturated heterocycles. The molecule has 1 aliphatic rings. The van der Waals surface area contributed by atoms with Gasteiger partial charge in [-0.3, -0.25) is 4.79 Å². The van der Waals surface area contributed by atoms with Crippen molar-refractivity contribution < 1.29 is 4.79 Å². The number of nitrogens with one attached hydrogen (secondary N) is 1. The third-order valence-corrected chi connectivity index (χ3v) is 3.55. The average molecular weight is 247 g/mol. The number of piperidine rings is 1. The second kappa shape index (κ2) is 5.87. The lowest BCUT2D eigenvalue weighted by molar-refractivity contribution is 0.100. The first kappa shape index (κ1) is 12.9. The van der Waals surface area contributed by atoms with E-state index in [1.165, 1.54) is 24.9 Å². The highest BCUT2D eigenvalue weighted by molar-refractivity contribution is 5.93. The Morgan fingerprint density at radius 1 is 1.39 bits per heavy atom. The first-order valence-corrected chi connectivity index (χ1v) is 6.53. The summed E-state index contributed by atoms with van der Waals surface area (Å²) in [6.45, 7) is 2.08. The van der Waals surface area contributed by atoms with Gasteiger partial charge in [-0.2, -0.15) is 0 Å². The average Bonchev–Trinajstić information content (AvgIpc) is 2.40. The molecule has 0 aliphatic carbocycles. The lowest BCUT2D eigenvalue weighted by atomic mass is 10.0. The molecule has 0 bridgehead atoms. The number of rotatable bonds is 4. The second-order valence-electron chi connectivity index (χ2n) is 4.81. The molecule has 1 amide bonds. The predicted octanol–water partition coefficient (Wildman–Crippen LogP) is 1.36. The Morgan fingerprint density at radius 3 is 2.72 bits per heavy atom. The van der Waals surface area contributed by atoms with Crippen molar-refractivity contribution >= 4 is 11.6 Å². The van der Waals surface area contributed by atoms with Gasteiger partial charge in [0.15, 0.2) is 0 Å². The normalized spacial score (nSPS) is 19.8. The van der Waals surface area contributed by atoms with Gasteiger partial charge in [0.1, 0.15) is 0 Å². The first-order chi connectivity index (χ1) is 8.72. The van der Waals surface area contributed by atoms with Gasteiger partial charge < -0.3 is 16.0 Å². The molecular formula is C14H21N3O. The first-order valence-electron chi connectivity index (χ1n) is 6.53. The predicted molar refractivity (Wildman–Crippen MR) is 73.9 cm³/mol. The molecule has 0 aromatic heterocycles. The molecule has 1 aromatic carbocycles. The molecule has 18 heavy (non-hydrogen) atoms. The molecule has 1 atom stereocenters. The van der Waals surface area contributed by atoms with Crippen LogP contribution in [0.4, 0.5) is 5.69 Å². The topological polar surface area (TPSA) is 58.4 Å². The molecule has 0 spiro atoms. The molecule has 1 heterocycles. The van der Waals surface area contributed by atoms with Crippen LogP contribution in [0.1, 0.15) is 29.6 Å². The van der Waals surface area contributed by atoms with E-state index in [0.717, 1.165) is 13.1 Å². The van der Waals surface area contributed by atoms with E-state index in [0.29, 0.717) is 11.6 Å². The van der Waals surface area contributed by atoms with Gasteiger partial charge in [-0.05, 0) is 50.6 Å². The van der Waals surface area contributed by atoms with Crippen LogP contribution >= 0.6 is 0 Å². The number of nitrogens with zero attached hydrogens (tertiary/aromatic N) is 1. The molecule has 1 aliphatic heterocycles. The molecule has 2 rings (SSSR count). The van der Waals surface area contributed by atoms with Crippen LogP contribution < -0.4 is 16.0 Å². The largest absolute Gasteiger partial charge is 0.367 e. The third-order valence-electron chi connectivity index (χ3n) is 3.55. The molecule has 1 aromatic rings. The molecule has 4 heteroatoms. The molecule has 1 unspecified atom stereocenters. The minimum atomic E-state index is -0.369. The van der Waals surface area contributed by atoms with Crippen molar-refractivity contribution in [3.8, 4) is 0 Å². The van der Waals surface area contributed by atoms with Gasteiger partial charge in [-0.1, -0.05) is 0 Å². The zero-order valence-electron chi connectivity index (χ0n) is 10.9. The minimum absolute atomic E-state index is 0.369. The van der Waals surface area contributed by atoms with E-state index < -0.39 is 0 Å². The summed E-state index contributed by atoms with van der Waals surface area (Å²) in [4.78, 5) is 13.5. The fourth-order valence-electron chi connectivity index (χ4n) is 2.61. The smallest absolute Gasteiger partial charge is 0.248 e. The van der Waals surface area contributed by atoms with Crippen LogP contribution in [0, 0.1) is 0 Å². The molecule has 4 nitrogen and oxygen atoms in total. The molecule has 3 N–H and O–H groups in total. The van der Waals surface area contributed by atoms with E-state index in [-0.39, 0.29) is 5.91 Å². The Hall–Kier alpha value is -1.55. The number of primary amides is 1. The summed E-state index contributed by atoms with van der Waals surface area (Å²) in [7, 11) is 1.99. The molecule has 98 valence electrons. The zero-order chi connectivity index (χ0) is 13.0. The van der Waals surface area contributed by atoms with E-state index in [4.69, 9.17) is 5.73 Å². The number of likely N-dealkylation sites (N-methyl/N-ethyl adjacent to an activating group) is 1. The summed E-state index contributed by atoms with van der Waals surface area (Å²) in [6.07, 6.45) is 3.75. The summed E-state index contributed by atoms with van der Waals surface area (Å²) in [5, 5.41) is 3.25. The summed E-state index contributed by atoms with van der Waals surface area (Å²) >= 11 is 0. The molecule has 0 radical (unpaired) electrons. The van der Waals surface area contributed by atoms with Gasteiger partial charge in [-0.25, -0.2) is 0 Å². The van der Waals surface area contributed by atoms with Crippen molar-refractivity contribution in [2.75, 3.05) is 25.0 Å². The number of carbonyl (C=O) groups excluding carboxylic acids is 1. The summed E-state index contributed by atoms with van der Waals surface area (Å²) in [5.74, 6) is -0.369. The lowest BCUT2D eigenvalue weighted by Gasteiger charge is -2.37. The fourth-order valence-corrected chi connectivity index (χ4v) is 2.61. The van der Waals surface area contributed by atoms with E-state index in [1.807, 2.05) is 31.3 Å². The van der Waals surface area contributed by atoms with Crippen LogP contribution in [0.3, 0.4) is 0 Å². The molecule has 0 saturated carbocycles. The summed E-state index contributed by atoms with van der Waals surface area (Å²) in [5.41, 5.74) is 7.01. The third kappa shape index (κ3) is 2.82. The fraction of sp³-hybridized carbons (Fsp3) is 0.500. The highest BCUT2D eigenvalue weighted by atomic mass is 16.1. The van der Waals surface area contributed by atoms with E-state index >= 15 is 0 Å². The van der Waals surface area contributed by atoms with Crippen LogP contribution in [0.5, 0.6) is 0 Å². The zero-order valence-corrected chi connectivity index (χ0v) is 10.9. The molecular weight excluding hydrogens is 226 g/mol. The van der Waals surface area contributed by atoms with E-state index in [1.54, 1.807) is 0 Å². The maximum Gasteiger partial charge on any atom is 0.248 e. The maximum atomic E-state index is 11.1. The van der Waals surface area contributed by atoms with Gasteiger partial charge in [0.05, 0.1) is 0 Å². The lowest BCUT2D eigenvalue weighted by Crippen LogP contribution is -2.45. The summed E-state index contributed by atoms with van der Waals surface area (Å²) < 4.78 is 0. The second-order valence-corrected chi connectivity index (χ2v) is 4.81. The number of nitrogens with two attached hydrogens (primary N) is 1. The van der Waals surface area contributed by atoms with E-state index in [2.05, 4.69) is 10.2 Å². The van der Waals surface area contributed by atoms with Crippen molar-refractivity contribution in [3.63, 3.8) is 0 Å². The Kier molecular flexibility index (Phi) is 4.20. The van der Waals surface area contributed by atoms with Crippen LogP contribution in [0.15, 0.2) is 24.3 Å². The van der Waals surface area contributed by atoms with Crippen molar-refractivity contribution in [1.29, 1.82) is 0 Å². The van der Waals surface area contributed by atoms with Crippen molar-refractivity contribution in [2.24, 2.45) is 5.73 Å². The van der Waals surface area contributed by atoms with Crippen LogP contribution in [0.2, 0.25) is 0 Å². The van der Waals surface area contributed by atoms with Gasteiger partial charge >= 0.3 is 0 Å². The quantitative estimate of drug-likeness (QED) is 0.844. The van der Waals surface area contributed by atoms with Crippen molar-refractivity contribution in [1.82, 2.24) is 5.32 Å². The Morgan fingerprint density at radius 2 is 2.11 bits per heavy atom. The Labute approximate surface area is 108 Å². The number of hydrogen-bond acceptors (Lipinski definition) is 3. The van der Waals surface area contributed by atoms with Crippen LogP contribution in [-0.2, 0) is 0 Å². The van der Waals surface area contributed by atoms with Crippen molar-refractivity contribution in [2.45, 2.75) is 25.3 Å². The van der Waals surface area contributed by atoms with Gasteiger partial charge in [0.2, 0.25) is 5.91 Å². The monoisotopic (exact) mass is 247 g/mol. The highest BCUT2D eigenvalue weighted by Crippen LogP contribution is 2.24. The van der Waals surface area contributed by atoms with Crippen molar-refractivity contribution in [3.05, 3.63) is 29.8 Å². The van der Waals surface area contributed by atoms with Gasteiger partial charge in [-0.15, -0.1) is 0 Å². The SMILES string of the molecule is CNCC1CCCCN1c1ccc(C(N)=O)cc1. The van der Waals surface area contributed by atoms with Gasteiger partial charge in [0.25, 0.3) is 0 Å². The summed E-state index contributed by atoms with van der Waals surface area (Å²) in [6, 6.07) is 8.15. The van der Waals surface area contributed by atoms with Gasteiger partial charge in [0, 0.05) is 30.4 Å². The number of amides is 1. The highest BCUT2D eigenvalue weighted by Gasteiger charge is 2.21. The van der Waals surface area contributed by atoms with Crippen LogP contribution in [0.25, 0.3) is 0 Å². The number of carbonyl (C=O) groups is 1. The van der Waals surface area contributed by atoms with Crippen LogP contribution in [-0.4, -0.2) is 32.1 Å². The standard InChI is InChI=1S/C14H21N3O/c1-16-10-13-4-2-3-9-17(13)12-7-5-11(6-8-12)14(15)18/h5-8,13,16H,2-4,9-10H2,1H3,(H2,15,18). The Bertz CT molecular complexity index is 400. The maximum absolute atomic E-state index is 11.1. The van der Waals surface area contributed by atoms with E-state index in [9.17, 15) is 4.79 Å². The number of hydrogen-bond donors (Lipinski definition) is 2. The number of anilines is 1. The Balaban J connectivity index is 2.15. The minimum Gasteiger partial charge on any atom is -0.367 e. The number of benzene rings is 1.